The van der Waals surface area contributed by atoms with Gasteiger partial charge in [0.25, 0.3) is 5.91 Å². The summed E-state index contributed by atoms with van der Waals surface area (Å²) in [5.74, 6) is 0.858. The molecule has 1 aliphatic heterocycles. The lowest BCUT2D eigenvalue weighted by Crippen LogP contribution is -2.39. The summed E-state index contributed by atoms with van der Waals surface area (Å²) in [6.45, 7) is 3.70. The number of rotatable bonds is 3. The zero-order valence-electron chi connectivity index (χ0n) is 16.9. The maximum absolute atomic E-state index is 12.9. The predicted molar refractivity (Wildman–Crippen MR) is 119 cm³/mol. The molecular weight excluding hydrogens is 398 g/mol. The number of carbonyl (C=O) groups is 1. The summed E-state index contributed by atoms with van der Waals surface area (Å²) in [4.78, 5) is 30.0. The van der Waals surface area contributed by atoms with Crippen LogP contribution in [0.2, 0.25) is 0 Å². The lowest BCUT2D eigenvalue weighted by molar-refractivity contribution is 0.0938. The first-order chi connectivity index (χ1) is 14.5. The molecule has 0 saturated carbocycles. The number of pyridine rings is 1. The number of aryl methyl sites for hydroxylation is 2. The molecule has 2 aliphatic rings. The van der Waals surface area contributed by atoms with E-state index in [-0.39, 0.29) is 18.0 Å². The molecule has 156 valence electrons. The molecule has 0 aromatic carbocycles. The van der Waals surface area contributed by atoms with Gasteiger partial charge in [0.1, 0.15) is 21.0 Å². The monoisotopic (exact) mass is 423 g/mol. The average Bonchev–Trinajstić information content (AvgIpc) is 3.31. The van der Waals surface area contributed by atoms with E-state index in [0.717, 1.165) is 56.0 Å². The van der Waals surface area contributed by atoms with Gasteiger partial charge < -0.3 is 21.7 Å². The molecule has 2 atom stereocenters. The molecule has 0 spiro atoms. The Hall–Kier alpha value is -2.78. The Kier molecular flexibility index (Phi) is 4.79. The number of carbonyl (C=O) groups excluding carboxylic acids is 1. The van der Waals surface area contributed by atoms with Gasteiger partial charge >= 0.3 is 0 Å². The summed E-state index contributed by atoms with van der Waals surface area (Å²) in [6, 6.07) is 4.51. The Balaban J connectivity index is 1.30. The Labute approximate surface area is 178 Å². The number of nitrogens with zero attached hydrogens (tertiary/aromatic N) is 4. The van der Waals surface area contributed by atoms with Gasteiger partial charge in [-0.1, -0.05) is 6.07 Å². The van der Waals surface area contributed by atoms with E-state index in [1.165, 1.54) is 16.9 Å². The van der Waals surface area contributed by atoms with Gasteiger partial charge in [0.2, 0.25) is 0 Å². The maximum Gasteiger partial charge on any atom is 0.263 e. The molecule has 1 amide bonds. The van der Waals surface area contributed by atoms with Gasteiger partial charge in [-0.2, -0.15) is 0 Å². The predicted octanol–water partition coefficient (Wildman–Crippen LogP) is 1.80. The topological polar surface area (TPSA) is 123 Å². The van der Waals surface area contributed by atoms with Gasteiger partial charge in [0.15, 0.2) is 0 Å². The van der Waals surface area contributed by atoms with E-state index in [9.17, 15) is 4.79 Å². The third-order valence-corrected chi connectivity index (χ3v) is 6.99. The van der Waals surface area contributed by atoms with Crippen LogP contribution < -0.4 is 21.7 Å². The number of amides is 1. The highest BCUT2D eigenvalue weighted by Gasteiger charge is 2.26. The fraction of sp³-hybridized carbons (Fsp3) is 0.429. The van der Waals surface area contributed by atoms with Crippen molar-refractivity contribution in [3.63, 3.8) is 0 Å². The van der Waals surface area contributed by atoms with E-state index >= 15 is 0 Å². The molecule has 4 heterocycles. The molecule has 8 nitrogen and oxygen atoms in total. The highest BCUT2D eigenvalue weighted by atomic mass is 32.1. The molecule has 9 heteroatoms. The molecule has 5 N–H and O–H groups in total. The number of fused-ring (bicyclic) bond motifs is 2. The van der Waals surface area contributed by atoms with Crippen molar-refractivity contribution in [1.82, 2.24) is 20.3 Å². The van der Waals surface area contributed by atoms with Crippen molar-refractivity contribution in [3.8, 4) is 0 Å². The van der Waals surface area contributed by atoms with Crippen molar-refractivity contribution in [2.45, 2.75) is 44.7 Å². The first kappa shape index (κ1) is 19.2. The van der Waals surface area contributed by atoms with Crippen molar-refractivity contribution in [3.05, 3.63) is 40.2 Å². The van der Waals surface area contributed by atoms with Gasteiger partial charge in [0.05, 0.1) is 11.4 Å². The van der Waals surface area contributed by atoms with Crippen LogP contribution in [0.3, 0.4) is 0 Å². The second-order valence-electron chi connectivity index (χ2n) is 8.19. The average molecular weight is 424 g/mol. The lowest BCUT2D eigenvalue weighted by atomic mass is 9.91. The van der Waals surface area contributed by atoms with E-state index in [1.54, 1.807) is 6.20 Å². The normalized spacial score (nSPS) is 21.1. The van der Waals surface area contributed by atoms with Crippen molar-refractivity contribution in [2.24, 2.45) is 5.73 Å². The molecular formula is C21H25N7OS. The maximum atomic E-state index is 12.9. The van der Waals surface area contributed by atoms with Crippen LogP contribution in [0.5, 0.6) is 0 Å². The molecule has 3 aromatic heterocycles. The second-order valence-corrected chi connectivity index (χ2v) is 9.19. The molecule has 3 aromatic rings. The van der Waals surface area contributed by atoms with Crippen LogP contribution >= 0.6 is 11.3 Å². The van der Waals surface area contributed by atoms with Crippen LogP contribution in [0.25, 0.3) is 10.3 Å². The SMILES string of the molecule is Cc1cnc2c(N)c(C(=O)NC3CCc4nc(N5CC[C@@H](N)C5)ccc4C3)sc2n1. The number of thiophene rings is 1. The fourth-order valence-electron chi connectivity index (χ4n) is 4.28. The Morgan fingerprint density at radius 2 is 2.17 bits per heavy atom. The summed E-state index contributed by atoms with van der Waals surface area (Å²) in [7, 11) is 0. The number of anilines is 2. The zero-order chi connectivity index (χ0) is 20.8. The van der Waals surface area contributed by atoms with E-state index in [0.29, 0.717) is 20.9 Å². The molecule has 5 rings (SSSR count). The highest BCUT2D eigenvalue weighted by Crippen LogP contribution is 2.31. The summed E-state index contributed by atoms with van der Waals surface area (Å²) in [5, 5.41) is 3.15. The van der Waals surface area contributed by atoms with Gasteiger partial charge in [-0.05, 0) is 44.2 Å². The standard InChI is InChI=1S/C21H25N7OS/c1-11-9-24-18-17(23)19(30-21(18)25-11)20(29)26-14-3-4-15-12(8-14)2-5-16(27-15)28-7-6-13(22)10-28/h2,5,9,13-14H,3-4,6-8,10,22-23H2,1H3,(H,26,29)/t13-,14?/m1/s1. The molecule has 1 saturated heterocycles. The van der Waals surface area contributed by atoms with Crippen molar-refractivity contribution < 1.29 is 4.79 Å². The number of nitrogens with two attached hydrogens (primary N) is 2. The van der Waals surface area contributed by atoms with Gasteiger partial charge in [-0.25, -0.2) is 15.0 Å². The fourth-order valence-corrected chi connectivity index (χ4v) is 5.28. The number of nitrogen functional groups attached to an aromatic ring is 1. The van der Waals surface area contributed by atoms with Crippen molar-refractivity contribution in [2.75, 3.05) is 23.7 Å². The first-order valence-corrected chi connectivity index (χ1v) is 11.1. The Morgan fingerprint density at radius 1 is 1.30 bits per heavy atom. The molecule has 1 aliphatic carbocycles. The van der Waals surface area contributed by atoms with Crippen LogP contribution in [0.15, 0.2) is 18.3 Å². The first-order valence-electron chi connectivity index (χ1n) is 10.3. The molecule has 1 fully saturated rings. The van der Waals surface area contributed by atoms with Crippen LogP contribution in [0, 0.1) is 6.92 Å². The zero-order valence-corrected chi connectivity index (χ0v) is 17.7. The molecule has 0 radical (unpaired) electrons. The smallest absolute Gasteiger partial charge is 0.263 e. The van der Waals surface area contributed by atoms with E-state index in [4.69, 9.17) is 16.5 Å². The number of aromatic nitrogens is 3. The number of hydrogen-bond donors (Lipinski definition) is 3. The number of nitrogens with one attached hydrogen (secondary N) is 1. The van der Waals surface area contributed by atoms with Gasteiger partial charge in [-0.3, -0.25) is 4.79 Å². The van der Waals surface area contributed by atoms with E-state index < -0.39 is 0 Å². The molecule has 1 unspecified atom stereocenters. The summed E-state index contributed by atoms with van der Waals surface area (Å²) in [6.07, 6.45) is 5.15. The van der Waals surface area contributed by atoms with Crippen LogP contribution in [-0.2, 0) is 12.8 Å². The molecule has 0 bridgehead atoms. The summed E-state index contributed by atoms with van der Waals surface area (Å²) >= 11 is 1.30. The minimum Gasteiger partial charge on any atom is -0.396 e. The van der Waals surface area contributed by atoms with Gasteiger partial charge in [-0.15, -0.1) is 11.3 Å². The minimum atomic E-state index is -0.154. The third-order valence-electron chi connectivity index (χ3n) is 5.90. The summed E-state index contributed by atoms with van der Waals surface area (Å²) < 4.78 is 0. The van der Waals surface area contributed by atoms with Crippen LogP contribution in [-0.4, -0.2) is 46.0 Å². The second kappa shape index (κ2) is 7.48. The van der Waals surface area contributed by atoms with Crippen molar-refractivity contribution >= 4 is 39.1 Å². The number of hydrogen-bond acceptors (Lipinski definition) is 8. The highest BCUT2D eigenvalue weighted by molar-refractivity contribution is 7.21. The third kappa shape index (κ3) is 3.48. The van der Waals surface area contributed by atoms with Gasteiger partial charge in [0, 0.05) is 37.1 Å². The summed E-state index contributed by atoms with van der Waals surface area (Å²) in [5.41, 5.74) is 16.4. The largest absolute Gasteiger partial charge is 0.396 e. The Bertz CT molecular complexity index is 1130. The van der Waals surface area contributed by atoms with Crippen LogP contribution in [0.1, 0.15) is 39.5 Å². The van der Waals surface area contributed by atoms with Crippen molar-refractivity contribution in [1.29, 1.82) is 0 Å². The van der Waals surface area contributed by atoms with Crippen LogP contribution in [0.4, 0.5) is 11.5 Å². The quantitative estimate of drug-likeness (QED) is 0.587. The lowest BCUT2D eigenvalue weighted by Gasteiger charge is -2.26. The molecule has 30 heavy (non-hydrogen) atoms. The Morgan fingerprint density at radius 3 is 2.97 bits per heavy atom. The van der Waals surface area contributed by atoms with E-state index in [2.05, 4.69) is 32.3 Å². The minimum absolute atomic E-state index is 0.0603. The van der Waals surface area contributed by atoms with E-state index in [1.807, 2.05) is 6.92 Å².